The van der Waals surface area contributed by atoms with Gasteiger partial charge >= 0.3 is 6.03 Å². The molecular formula is C33H38N2O2+2. The summed E-state index contributed by atoms with van der Waals surface area (Å²) in [5, 5.41) is 0. The van der Waals surface area contributed by atoms with Gasteiger partial charge in [0.15, 0.2) is 23.9 Å². The molecule has 3 aromatic rings. The highest BCUT2D eigenvalue weighted by atomic mass is 16.7. The molecular weight excluding hydrogens is 456 g/mol. The van der Waals surface area contributed by atoms with Gasteiger partial charge in [0, 0.05) is 12.1 Å². The van der Waals surface area contributed by atoms with Crippen LogP contribution in [0.25, 0.3) is 0 Å². The Hall–Kier alpha value is -3.40. The Labute approximate surface area is 220 Å². The van der Waals surface area contributed by atoms with E-state index in [9.17, 15) is 0 Å². The first-order valence-electron chi connectivity index (χ1n) is 14.1. The smallest absolute Gasteiger partial charge is 0.340 e. The molecule has 4 heteroatoms. The maximum Gasteiger partial charge on any atom is 0.715 e. The Morgan fingerprint density at radius 2 is 1.11 bits per heavy atom. The standard InChI is InChI=1S/C33H38N2O2/c1-5-7-9-13-25-17-23(3)31-27(19-25)21-34-29-15-11-12-16-30(29)35-22-28-20-26(14-10-8-6-2)18-24(4)32(28)37-33(34,35)36-31/h11-12,15-22H,5-10,13-14H2,1-4H3/q+2. The van der Waals surface area contributed by atoms with Crippen LogP contribution in [0.5, 0.6) is 11.5 Å². The third-order valence-electron chi connectivity index (χ3n) is 7.88. The largest absolute Gasteiger partial charge is 0.715 e. The van der Waals surface area contributed by atoms with E-state index >= 15 is 0 Å². The van der Waals surface area contributed by atoms with E-state index in [-0.39, 0.29) is 0 Å². The Morgan fingerprint density at radius 1 is 0.649 bits per heavy atom. The topological polar surface area (TPSA) is 24.5 Å². The zero-order valence-corrected chi connectivity index (χ0v) is 22.6. The quantitative estimate of drug-likeness (QED) is 0.237. The van der Waals surface area contributed by atoms with Gasteiger partial charge in [-0.15, -0.1) is 0 Å². The lowest BCUT2D eigenvalue weighted by molar-refractivity contribution is -0.831. The van der Waals surface area contributed by atoms with Crippen molar-refractivity contribution >= 4 is 23.8 Å². The fourth-order valence-electron chi connectivity index (χ4n) is 6.03. The van der Waals surface area contributed by atoms with Gasteiger partial charge in [-0.2, -0.15) is 0 Å². The zero-order valence-electron chi connectivity index (χ0n) is 22.6. The SMILES string of the molecule is CCCCCc1cc(C)c2c(c1)C=[N+]1c3ccccc3[N+]3=Cc4cc(CCCCC)cc(C)c4OC13O2. The molecule has 0 saturated carbocycles. The summed E-state index contributed by atoms with van der Waals surface area (Å²) >= 11 is 0. The summed E-state index contributed by atoms with van der Waals surface area (Å²) in [5.41, 5.74) is 9.47. The summed E-state index contributed by atoms with van der Waals surface area (Å²) < 4.78 is 18.2. The van der Waals surface area contributed by atoms with Gasteiger partial charge in [0.2, 0.25) is 0 Å². The van der Waals surface area contributed by atoms with Gasteiger partial charge in [0.1, 0.15) is 0 Å². The highest BCUT2D eigenvalue weighted by molar-refractivity contribution is 5.86. The van der Waals surface area contributed by atoms with Crippen molar-refractivity contribution in [3.05, 3.63) is 81.9 Å². The second-order valence-electron chi connectivity index (χ2n) is 10.8. The fourth-order valence-corrected chi connectivity index (χ4v) is 6.03. The molecule has 0 bridgehead atoms. The van der Waals surface area contributed by atoms with E-state index in [1.807, 2.05) is 0 Å². The number of nitrogens with zero attached hydrogens (tertiary/aromatic N) is 2. The van der Waals surface area contributed by atoms with Gasteiger partial charge in [0.25, 0.3) is 11.4 Å². The predicted molar refractivity (Wildman–Crippen MR) is 149 cm³/mol. The lowest BCUT2D eigenvalue weighted by atomic mass is 9.99. The van der Waals surface area contributed by atoms with Crippen LogP contribution in [0.1, 0.15) is 85.8 Å². The average molecular weight is 495 g/mol. The Balaban J connectivity index is 1.46. The molecule has 0 radical (unpaired) electrons. The normalized spacial score (nSPS) is 15.8. The number of ether oxygens (including phenoxy) is 2. The van der Waals surface area contributed by atoms with Gasteiger partial charge in [-0.05, 0) is 83.1 Å². The molecule has 4 nitrogen and oxygen atoms in total. The minimum Gasteiger partial charge on any atom is -0.340 e. The van der Waals surface area contributed by atoms with Crippen LogP contribution in [0, 0.1) is 13.8 Å². The van der Waals surface area contributed by atoms with Crippen LogP contribution >= 0.6 is 0 Å². The van der Waals surface area contributed by atoms with Crippen LogP contribution < -0.4 is 9.47 Å². The molecule has 1 spiro atoms. The lowest BCUT2D eigenvalue weighted by Gasteiger charge is -2.28. The monoisotopic (exact) mass is 494 g/mol. The number of unbranched alkanes of at least 4 members (excludes halogenated alkanes) is 4. The number of rotatable bonds is 8. The second kappa shape index (κ2) is 9.48. The van der Waals surface area contributed by atoms with Gasteiger partial charge in [-0.1, -0.05) is 63.8 Å². The molecule has 0 aromatic heterocycles. The molecule has 3 aliphatic heterocycles. The fraction of sp³-hybridized carbons (Fsp3) is 0.394. The number of aryl methyl sites for hydroxylation is 4. The summed E-state index contributed by atoms with van der Waals surface area (Å²) in [6, 6.07) is 16.6. The molecule has 0 amide bonds. The maximum atomic E-state index is 6.93. The van der Waals surface area contributed by atoms with E-state index in [0.717, 1.165) is 58.0 Å². The van der Waals surface area contributed by atoms with Crippen molar-refractivity contribution in [2.75, 3.05) is 0 Å². The summed E-state index contributed by atoms with van der Waals surface area (Å²) in [4.78, 5) is 0. The van der Waals surface area contributed by atoms with Gasteiger partial charge in [0.05, 0.1) is 11.1 Å². The van der Waals surface area contributed by atoms with Crippen molar-refractivity contribution in [3.63, 3.8) is 0 Å². The molecule has 0 fully saturated rings. The lowest BCUT2D eigenvalue weighted by Crippen LogP contribution is -2.59. The minimum absolute atomic E-state index is 0.902. The van der Waals surface area contributed by atoms with Gasteiger partial charge < -0.3 is 9.47 Å². The summed E-state index contributed by atoms with van der Waals surface area (Å²) in [6.45, 7) is 8.82. The maximum absolute atomic E-state index is 6.93. The number of benzene rings is 3. The van der Waals surface area contributed by atoms with Crippen LogP contribution in [-0.4, -0.2) is 27.6 Å². The van der Waals surface area contributed by atoms with Crippen LogP contribution in [0.15, 0.2) is 48.5 Å². The molecule has 6 rings (SSSR count). The van der Waals surface area contributed by atoms with Crippen LogP contribution in [0.3, 0.4) is 0 Å². The Kier molecular flexibility index (Phi) is 6.14. The molecule has 3 aliphatic rings. The first kappa shape index (κ1) is 24.0. The van der Waals surface area contributed by atoms with Crippen LogP contribution in [0.4, 0.5) is 11.4 Å². The second-order valence-corrected chi connectivity index (χ2v) is 10.8. The number of fused-ring (bicyclic) bond motifs is 5. The molecule has 190 valence electrons. The van der Waals surface area contributed by atoms with Crippen molar-refractivity contribution < 1.29 is 18.6 Å². The Bertz CT molecular complexity index is 1320. The molecule has 0 aliphatic carbocycles. The van der Waals surface area contributed by atoms with E-state index in [1.165, 1.54) is 49.7 Å². The minimum atomic E-state index is -1.10. The van der Waals surface area contributed by atoms with E-state index in [0.29, 0.717) is 0 Å². The molecule has 0 atom stereocenters. The number of hydrogen-bond donors (Lipinski definition) is 0. The van der Waals surface area contributed by atoms with Crippen molar-refractivity contribution in [2.24, 2.45) is 0 Å². The predicted octanol–water partition coefficient (Wildman–Crippen LogP) is 7.70. The number of hydrogen-bond acceptors (Lipinski definition) is 2. The van der Waals surface area contributed by atoms with Gasteiger partial charge in [-0.3, -0.25) is 0 Å². The first-order chi connectivity index (χ1) is 18.0. The Morgan fingerprint density at radius 3 is 1.54 bits per heavy atom. The van der Waals surface area contributed by atoms with Crippen molar-refractivity contribution in [3.8, 4) is 11.5 Å². The summed E-state index contributed by atoms with van der Waals surface area (Å²) in [6.07, 6.45) is 14.1. The summed E-state index contributed by atoms with van der Waals surface area (Å²) in [5.74, 6) is 1.80. The third-order valence-corrected chi connectivity index (χ3v) is 7.88. The van der Waals surface area contributed by atoms with Crippen molar-refractivity contribution in [2.45, 2.75) is 85.1 Å². The van der Waals surface area contributed by atoms with Crippen LogP contribution in [-0.2, 0) is 12.8 Å². The number of para-hydroxylation sites is 2. The molecule has 3 aromatic carbocycles. The summed E-state index contributed by atoms with van der Waals surface area (Å²) in [7, 11) is 0. The highest BCUT2D eigenvalue weighted by Crippen LogP contribution is 2.49. The molecule has 37 heavy (non-hydrogen) atoms. The van der Waals surface area contributed by atoms with Gasteiger partial charge in [-0.25, -0.2) is 0 Å². The molecule has 3 heterocycles. The van der Waals surface area contributed by atoms with E-state index in [2.05, 4.69) is 97.8 Å². The molecule has 0 saturated heterocycles. The van der Waals surface area contributed by atoms with E-state index in [1.54, 1.807) is 0 Å². The zero-order chi connectivity index (χ0) is 25.6. The van der Waals surface area contributed by atoms with E-state index in [4.69, 9.17) is 9.47 Å². The molecule has 0 unspecified atom stereocenters. The van der Waals surface area contributed by atoms with E-state index < -0.39 is 6.03 Å². The third kappa shape index (κ3) is 3.98. The first-order valence-corrected chi connectivity index (χ1v) is 14.1. The van der Waals surface area contributed by atoms with Crippen molar-refractivity contribution in [1.29, 1.82) is 0 Å². The van der Waals surface area contributed by atoms with Crippen LogP contribution in [0.2, 0.25) is 0 Å². The van der Waals surface area contributed by atoms with Crippen molar-refractivity contribution in [1.82, 2.24) is 0 Å². The highest BCUT2D eigenvalue weighted by Gasteiger charge is 2.72. The average Bonchev–Trinajstić information content (AvgIpc) is 3.16. The molecule has 0 N–H and O–H groups in total.